The normalized spacial score (nSPS) is 19.1. The Bertz CT molecular complexity index is 98.6. The molecule has 0 atom stereocenters. The van der Waals surface area contributed by atoms with Gasteiger partial charge in [-0.15, -0.1) is 0 Å². The Morgan fingerprint density at radius 3 is 2.86 bits per heavy atom. The van der Waals surface area contributed by atoms with Gasteiger partial charge in [0.15, 0.2) is 0 Å². The summed E-state index contributed by atoms with van der Waals surface area (Å²) < 4.78 is 0. The van der Waals surface area contributed by atoms with Crippen LogP contribution < -0.4 is 0 Å². The molecule has 0 aromatic heterocycles. The van der Waals surface area contributed by atoms with Crippen molar-refractivity contribution in [3.8, 4) is 0 Å². The molecule has 0 saturated heterocycles. The van der Waals surface area contributed by atoms with Crippen LogP contribution in [0.15, 0.2) is 24.3 Å². The fourth-order valence-corrected chi connectivity index (χ4v) is 0.652. The summed E-state index contributed by atoms with van der Waals surface area (Å²) in [6.45, 7) is 3.81. The summed E-state index contributed by atoms with van der Waals surface area (Å²) in [4.78, 5) is 0. The molecular formula is C7H9+. The molecule has 0 nitrogen and oxygen atoms in total. The van der Waals surface area contributed by atoms with Crippen LogP contribution >= 0.6 is 0 Å². The predicted octanol–water partition coefficient (Wildman–Crippen LogP) is 2.10. The largest absolute Gasteiger partial charge is 0.0942 e. The van der Waals surface area contributed by atoms with Gasteiger partial charge in [0.1, 0.15) is 0 Å². The summed E-state index contributed by atoms with van der Waals surface area (Å²) in [6, 6.07) is 0. The second-order valence-electron chi connectivity index (χ2n) is 1.79. The van der Waals surface area contributed by atoms with Crippen LogP contribution in [-0.4, -0.2) is 0 Å². The Balaban J connectivity index is 2.51. The number of rotatable bonds is 0. The molecule has 1 aliphatic carbocycles. The third-order valence-corrected chi connectivity index (χ3v) is 1.10. The molecule has 1 rings (SSSR count). The van der Waals surface area contributed by atoms with Gasteiger partial charge in [0.25, 0.3) is 0 Å². The zero-order chi connectivity index (χ0) is 5.11. The van der Waals surface area contributed by atoms with Crippen molar-refractivity contribution >= 4 is 0 Å². The fraction of sp³-hybridized carbons (Fsp3) is 0.286. The molecule has 0 heteroatoms. The molecule has 7 heavy (non-hydrogen) atoms. The van der Waals surface area contributed by atoms with Crippen molar-refractivity contribution in [2.24, 2.45) is 0 Å². The van der Waals surface area contributed by atoms with Crippen LogP contribution in [0.5, 0.6) is 0 Å². The maximum Gasteiger partial charge on any atom is 0.0942 e. The lowest BCUT2D eigenvalue weighted by Crippen LogP contribution is -1.83. The van der Waals surface area contributed by atoms with Crippen LogP contribution in [0.1, 0.15) is 12.8 Å². The Labute approximate surface area is 44.5 Å². The smallest absolute Gasteiger partial charge is 0.0753 e. The van der Waals surface area contributed by atoms with Gasteiger partial charge >= 0.3 is 0 Å². The number of hydrogen-bond acceptors (Lipinski definition) is 0. The molecule has 0 bridgehead atoms. The molecule has 36 valence electrons. The van der Waals surface area contributed by atoms with Gasteiger partial charge in [-0.25, -0.2) is 0 Å². The molecule has 0 N–H and O–H groups in total. The standard InChI is InChI=1S/C7H9/c1-7-5-3-2-4-6-7/h2-3,5H,1,4,6H2/q+1. The van der Waals surface area contributed by atoms with Gasteiger partial charge in [-0.2, -0.15) is 0 Å². The van der Waals surface area contributed by atoms with Gasteiger partial charge in [-0.3, -0.25) is 0 Å². The number of hydrogen-bond donors (Lipinski definition) is 0. The molecule has 0 radical (unpaired) electrons. The molecule has 1 aliphatic rings. The van der Waals surface area contributed by atoms with E-state index in [0.717, 1.165) is 6.42 Å². The summed E-state index contributed by atoms with van der Waals surface area (Å²) in [5.41, 5.74) is 1.25. The molecule has 0 spiro atoms. The maximum absolute atomic E-state index is 3.81. The van der Waals surface area contributed by atoms with Crippen LogP contribution in [0, 0.1) is 6.42 Å². The minimum absolute atomic E-state index is 1.15. The van der Waals surface area contributed by atoms with Gasteiger partial charge in [-0.1, -0.05) is 6.58 Å². The van der Waals surface area contributed by atoms with E-state index >= 15 is 0 Å². The van der Waals surface area contributed by atoms with E-state index in [0.29, 0.717) is 0 Å². The fourth-order valence-electron chi connectivity index (χ4n) is 0.652. The Morgan fingerprint density at radius 1 is 1.71 bits per heavy atom. The topological polar surface area (TPSA) is 0 Å². The van der Waals surface area contributed by atoms with Crippen LogP contribution in [0.3, 0.4) is 0 Å². The highest BCUT2D eigenvalue weighted by molar-refractivity contribution is 5.21. The number of allylic oxidation sites excluding steroid dienone is 3. The van der Waals surface area contributed by atoms with Crippen LogP contribution in [0.4, 0.5) is 0 Å². The second-order valence-corrected chi connectivity index (χ2v) is 1.79. The lowest BCUT2D eigenvalue weighted by molar-refractivity contribution is 0.947. The molecule has 0 aliphatic heterocycles. The van der Waals surface area contributed by atoms with E-state index in [9.17, 15) is 0 Å². The first-order chi connectivity index (χ1) is 3.39. The van der Waals surface area contributed by atoms with Crippen molar-refractivity contribution in [1.82, 2.24) is 0 Å². The zero-order valence-electron chi connectivity index (χ0n) is 4.35. The van der Waals surface area contributed by atoms with E-state index < -0.39 is 0 Å². The third kappa shape index (κ3) is 1.11. The van der Waals surface area contributed by atoms with E-state index in [2.05, 4.69) is 25.2 Å². The van der Waals surface area contributed by atoms with Crippen LogP contribution in [0.2, 0.25) is 0 Å². The highest BCUT2D eigenvalue weighted by Gasteiger charge is 2.01. The van der Waals surface area contributed by atoms with Crippen LogP contribution in [0.25, 0.3) is 0 Å². The summed E-state index contributed by atoms with van der Waals surface area (Å²) in [7, 11) is 0. The Kier molecular flexibility index (Phi) is 1.21. The highest BCUT2D eigenvalue weighted by Crippen LogP contribution is 2.11. The quantitative estimate of drug-likeness (QED) is 0.402. The minimum atomic E-state index is 1.15. The van der Waals surface area contributed by atoms with Gasteiger partial charge in [-0.05, 0) is 0 Å². The molecule has 0 fully saturated rings. The molecule has 0 amide bonds. The van der Waals surface area contributed by atoms with Crippen molar-refractivity contribution in [1.29, 1.82) is 0 Å². The first-order valence-electron chi connectivity index (χ1n) is 2.57. The summed E-state index contributed by atoms with van der Waals surface area (Å²) in [5.74, 6) is 0. The first kappa shape index (κ1) is 4.51. The zero-order valence-corrected chi connectivity index (χ0v) is 4.35. The maximum atomic E-state index is 3.81. The Morgan fingerprint density at radius 2 is 2.57 bits per heavy atom. The predicted molar refractivity (Wildman–Crippen MR) is 31.8 cm³/mol. The van der Waals surface area contributed by atoms with Crippen molar-refractivity contribution in [2.75, 3.05) is 0 Å². The highest BCUT2D eigenvalue weighted by atomic mass is 14.0. The van der Waals surface area contributed by atoms with E-state index in [4.69, 9.17) is 0 Å². The minimum Gasteiger partial charge on any atom is -0.0753 e. The second kappa shape index (κ2) is 1.87. The van der Waals surface area contributed by atoms with E-state index in [1.165, 1.54) is 12.0 Å². The van der Waals surface area contributed by atoms with Crippen molar-refractivity contribution in [3.63, 3.8) is 0 Å². The van der Waals surface area contributed by atoms with Gasteiger partial charge in [0.2, 0.25) is 0 Å². The lowest BCUT2D eigenvalue weighted by atomic mass is 10.0. The summed E-state index contributed by atoms with van der Waals surface area (Å²) in [5, 5.41) is 0. The monoisotopic (exact) mass is 93.1 g/mol. The molecule has 0 unspecified atom stereocenters. The summed E-state index contributed by atoms with van der Waals surface area (Å²) >= 11 is 0. The van der Waals surface area contributed by atoms with E-state index in [-0.39, 0.29) is 0 Å². The Hall–Kier alpha value is -0.650. The summed E-state index contributed by atoms with van der Waals surface area (Å²) in [6.07, 6.45) is 8.61. The average molecular weight is 93.1 g/mol. The first-order valence-corrected chi connectivity index (χ1v) is 2.57. The van der Waals surface area contributed by atoms with Crippen molar-refractivity contribution < 1.29 is 0 Å². The van der Waals surface area contributed by atoms with Crippen LogP contribution in [-0.2, 0) is 0 Å². The lowest BCUT2D eigenvalue weighted by Gasteiger charge is -1.93. The molecular weight excluding hydrogens is 84.1 g/mol. The molecule has 0 saturated carbocycles. The van der Waals surface area contributed by atoms with E-state index in [1.54, 1.807) is 0 Å². The molecule has 0 aromatic carbocycles. The average Bonchev–Trinajstić information content (AvgIpc) is 1.69. The van der Waals surface area contributed by atoms with E-state index in [1.807, 2.05) is 0 Å². The molecule has 0 heterocycles. The SMILES string of the molecule is C=C1C=C[CH+]CC1. The van der Waals surface area contributed by atoms with Crippen molar-refractivity contribution in [3.05, 3.63) is 30.7 Å². The molecule has 0 aromatic rings. The van der Waals surface area contributed by atoms with Gasteiger partial charge < -0.3 is 0 Å². The third-order valence-electron chi connectivity index (χ3n) is 1.10. The van der Waals surface area contributed by atoms with Gasteiger partial charge in [0.05, 0.1) is 12.2 Å². The van der Waals surface area contributed by atoms with Crippen molar-refractivity contribution in [2.45, 2.75) is 12.8 Å². The van der Waals surface area contributed by atoms with Gasteiger partial charge in [0, 0.05) is 24.8 Å².